The van der Waals surface area contributed by atoms with Gasteiger partial charge < -0.3 is 14.6 Å². The number of aliphatic hydroxyl groups is 1. The first-order valence-corrected chi connectivity index (χ1v) is 11.4. The predicted molar refractivity (Wildman–Crippen MR) is 108 cm³/mol. The smallest absolute Gasteiger partial charge is 0.171 e. The van der Waals surface area contributed by atoms with Gasteiger partial charge in [0.05, 0.1) is 6.10 Å². The molecule has 4 aliphatic rings. The van der Waals surface area contributed by atoms with Crippen LogP contribution in [0.2, 0.25) is 0 Å². The van der Waals surface area contributed by atoms with E-state index in [-0.39, 0.29) is 11.9 Å². The summed E-state index contributed by atoms with van der Waals surface area (Å²) < 4.78 is 11.6. The zero-order chi connectivity index (χ0) is 19.4. The summed E-state index contributed by atoms with van der Waals surface area (Å²) in [5, 5.41) is 10.5. The van der Waals surface area contributed by atoms with E-state index in [4.69, 9.17) is 9.47 Å². The lowest BCUT2D eigenvalue weighted by atomic mass is 9.49. The van der Waals surface area contributed by atoms with Crippen molar-refractivity contribution in [3.63, 3.8) is 0 Å². The van der Waals surface area contributed by atoms with Gasteiger partial charge in [-0.1, -0.05) is 31.4 Å². The molecule has 1 N–H and O–H groups in total. The van der Waals surface area contributed by atoms with Crippen molar-refractivity contribution in [3.8, 4) is 0 Å². The van der Waals surface area contributed by atoms with Crippen LogP contribution in [0.25, 0.3) is 0 Å². The normalized spacial score (nSPS) is 44.4. The van der Waals surface area contributed by atoms with Crippen LogP contribution in [-0.4, -0.2) is 31.2 Å². The fourth-order valence-corrected chi connectivity index (χ4v) is 8.16. The van der Waals surface area contributed by atoms with Crippen LogP contribution in [0, 0.1) is 35.0 Å². The monoisotopic (exact) mass is 376 g/mol. The molecule has 154 valence electrons. The number of rotatable bonds is 4. The lowest BCUT2D eigenvalue weighted by Gasteiger charge is -2.56. The SMILES string of the molecule is CC[C@H]1C[C@@]2(C)[C@H](CC[C@H]2[C@@H](C)O)[C@@H]2CCC3=C(CCC(OC)(OC)C3)[C@@H]12. The molecule has 0 aromatic carbocycles. The highest BCUT2D eigenvalue weighted by Gasteiger charge is 2.59. The minimum atomic E-state index is -0.388. The fourth-order valence-electron chi connectivity index (χ4n) is 8.16. The zero-order valence-electron chi connectivity index (χ0n) is 18.1. The van der Waals surface area contributed by atoms with Crippen molar-refractivity contribution in [3.05, 3.63) is 11.1 Å². The van der Waals surface area contributed by atoms with Crippen molar-refractivity contribution in [2.24, 2.45) is 35.0 Å². The number of hydrogen-bond donors (Lipinski definition) is 1. The Morgan fingerprint density at radius 1 is 1.15 bits per heavy atom. The van der Waals surface area contributed by atoms with Gasteiger partial charge in [0.2, 0.25) is 0 Å². The minimum Gasteiger partial charge on any atom is -0.393 e. The zero-order valence-corrected chi connectivity index (χ0v) is 18.1. The Hall–Kier alpha value is -0.380. The van der Waals surface area contributed by atoms with E-state index in [0.29, 0.717) is 11.3 Å². The summed E-state index contributed by atoms with van der Waals surface area (Å²) in [5.74, 6) is 3.29. The van der Waals surface area contributed by atoms with Crippen molar-refractivity contribution in [2.45, 2.75) is 90.4 Å². The Morgan fingerprint density at radius 2 is 1.89 bits per heavy atom. The summed E-state index contributed by atoms with van der Waals surface area (Å²) in [4.78, 5) is 0. The Labute approximate surface area is 165 Å². The van der Waals surface area contributed by atoms with Gasteiger partial charge in [-0.15, -0.1) is 0 Å². The highest BCUT2D eigenvalue weighted by Crippen LogP contribution is 2.66. The van der Waals surface area contributed by atoms with E-state index >= 15 is 0 Å². The topological polar surface area (TPSA) is 38.7 Å². The summed E-state index contributed by atoms with van der Waals surface area (Å²) in [6.45, 7) is 6.94. The predicted octanol–water partition coefficient (Wildman–Crippen LogP) is 5.33. The number of aliphatic hydroxyl groups excluding tert-OH is 1. The maximum atomic E-state index is 10.5. The molecular formula is C24H40O3. The van der Waals surface area contributed by atoms with Gasteiger partial charge in [0, 0.05) is 27.1 Å². The highest BCUT2D eigenvalue weighted by molar-refractivity contribution is 5.29. The summed E-state index contributed by atoms with van der Waals surface area (Å²) >= 11 is 0. The summed E-state index contributed by atoms with van der Waals surface area (Å²) in [6.07, 6.45) is 10.6. The summed E-state index contributed by atoms with van der Waals surface area (Å²) in [5.41, 5.74) is 3.77. The molecule has 4 rings (SSSR count). The Bertz CT molecular complexity index is 590. The van der Waals surface area contributed by atoms with Crippen LogP contribution in [0.1, 0.15) is 78.6 Å². The van der Waals surface area contributed by atoms with Crippen LogP contribution in [0.15, 0.2) is 11.1 Å². The van der Waals surface area contributed by atoms with Crippen LogP contribution >= 0.6 is 0 Å². The molecule has 2 saturated carbocycles. The molecule has 0 aromatic rings. The third-order valence-electron chi connectivity index (χ3n) is 9.42. The van der Waals surface area contributed by atoms with Gasteiger partial charge in [0.1, 0.15) is 0 Å². The van der Waals surface area contributed by atoms with Crippen molar-refractivity contribution in [1.29, 1.82) is 0 Å². The first kappa shape index (κ1) is 19.9. The molecule has 3 heteroatoms. The number of fused-ring (bicyclic) bond motifs is 4. The molecule has 0 spiro atoms. The van der Waals surface area contributed by atoms with Gasteiger partial charge >= 0.3 is 0 Å². The van der Waals surface area contributed by atoms with Crippen molar-refractivity contribution < 1.29 is 14.6 Å². The third-order valence-corrected chi connectivity index (χ3v) is 9.42. The molecule has 0 heterocycles. The Kier molecular flexibility index (Phi) is 5.27. The van der Waals surface area contributed by atoms with Crippen molar-refractivity contribution in [2.75, 3.05) is 14.2 Å². The van der Waals surface area contributed by atoms with E-state index in [1.54, 1.807) is 25.4 Å². The third kappa shape index (κ3) is 2.95. The van der Waals surface area contributed by atoms with E-state index < -0.39 is 0 Å². The lowest BCUT2D eigenvalue weighted by Crippen LogP contribution is -2.50. The second-order valence-corrected chi connectivity index (χ2v) is 10.3. The second-order valence-electron chi connectivity index (χ2n) is 10.3. The molecule has 0 aromatic heterocycles. The van der Waals surface area contributed by atoms with E-state index in [1.807, 2.05) is 6.92 Å². The first-order valence-electron chi connectivity index (χ1n) is 11.4. The number of hydrogen-bond acceptors (Lipinski definition) is 3. The molecule has 3 nitrogen and oxygen atoms in total. The molecule has 2 fully saturated rings. The molecular weight excluding hydrogens is 336 g/mol. The first-order chi connectivity index (χ1) is 12.9. The number of ether oxygens (including phenoxy) is 2. The average molecular weight is 377 g/mol. The summed E-state index contributed by atoms with van der Waals surface area (Å²) in [7, 11) is 3.60. The van der Waals surface area contributed by atoms with Crippen LogP contribution in [0.4, 0.5) is 0 Å². The largest absolute Gasteiger partial charge is 0.393 e. The molecule has 0 aliphatic heterocycles. The van der Waals surface area contributed by atoms with Gasteiger partial charge in [-0.3, -0.25) is 0 Å². The van der Waals surface area contributed by atoms with E-state index in [0.717, 1.165) is 42.9 Å². The molecule has 0 radical (unpaired) electrons. The second kappa shape index (κ2) is 7.15. The number of methoxy groups -OCH3 is 2. The summed E-state index contributed by atoms with van der Waals surface area (Å²) in [6, 6.07) is 0. The van der Waals surface area contributed by atoms with E-state index in [1.165, 1.54) is 38.5 Å². The van der Waals surface area contributed by atoms with Crippen molar-refractivity contribution in [1.82, 2.24) is 0 Å². The average Bonchev–Trinajstić information content (AvgIpc) is 3.03. The van der Waals surface area contributed by atoms with E-state index in [9.17, 15) is 5.11 Å². The van der Waals surface area contributed by atoms with Crippen LogP contribution in [0.3, 0.4) is 0 Å². The maximum Gasteiger partial charge on any atom is 0.171 e. The Morgan fingerprint density at radius 3 is 2.52 bits per heavy atom. The van der Waals surface area contributed by atoms with Gasteiger partial charge in [-0.2, -0.15) is 0 Å². The maximum absolute atomic E-state index is 10.5. The van der Waals surface area contributed by atoms with Crippen molar-refractivity contribution >= 4 is 0 Å². The van der Waals surface area contributed by atoms with Gasteiger partial charge in [-0.25, -0.2) is 0 Å². The molecule has 0 saturated heterocycles. The molecule has 0 unspecified atom stereocenters. The molecule has 4 aliphatic carbocycles. The van der Waals surface area contributed by atoms with Gasteiger partial charge in [0.15, 0.2) is 5.79 Å². The molecule has 27 heavy (non-hydrogen) atoms. The Balaban J connectivity index is 1.67. The molecule has 0 bridgehead atoms. The molecule has 0 amide bonds. The van der Waals surface area contributed by atoms with Gasteiger partial charge in [-0.05, 0) is 80.5 Å². The standard InChI is InChI=1S/C24H40O3/c1-6-16-13-23(3)20(15(2)25)9-10-21(23)19-8-7-17-14-24(26-4,27-5)12-11-18(17)22(16)19/h15-16,19-22,25H,6-14H2,1-5H3/t15-,16+,19+,20+,21-,22-,23-/m1/s1. The van der Waals surface area contributed by atoms with Crippen LogP contribution in [0.5, 0.6) is 0 Å². The highest BCUT2D eigenvalue weighted by atomic mass is 16.7. The quantitative estimate of drug-likeness (QED) is 0.533. The lowest BCUT2D eigenvalue weighted by molar-refractivity contribution is -0.214. The van der Waals surface area contributed by atoms with Crippen LogP contribution < -0.4 is 0 Å². The fraction of sp³-hybridized carbons (Fsp3) is 0.917. The number of allylic oxidation sites excluding steroid dienone is 1. The van der Waals surface area contributed by atoms with Gasteiger partial charge in [0.25, 0.3) is 0 Å². The minimum absolute atomic E-state index is 0.161. The van der Waals surface area contributed by atoms with E-state index in [2.05, 4.69) is 13.8 Å². The molecule has 7 atom stereocenters. The van der Waals surface area contributed by atoms with Crippen LogP contribution in [-0.2, 0) is 9.47 Å².